The zero-order chi connectivity index (χ0) is 17.2. The Morgan fingerprint density at radius 2 is 1.38 bits per heavy atom. The highest BCUT2D eigenvalue weighted by atomic mass is 19.1. The van der Waals surface area contributed by atoms with Crippen LogP contribution in [0.4, 0.5) is 4.39 Å². The van der Waals surface area contributed by atoms with Gasteiger partial charge in [-0.3, -0.25) is 9.59 Å². The molecule has 0 unspecified atom stereocenters. The van der Waals surface area contributed by atoms with Crippen molar-refractivity contribution >= 4 is 11.6 Å². The van der Waals surface area contributed by atoms with Crippen LogP contribution in [0.5, 0.6) is 5.75 Å². The summed E-state index contributed by atoms with van der Waals surface area (Å²) in [5.41, 5.74) is 0.778. The number of Topliss-reactive ketones (excluding diaryl/α,β-unsaturated/α-hetero) is 2. The molecule has 1 aliphatic rings. The molecule has 0 N–H and O–H groups in total. The molecule has 1 fully saturated rings. The third kappa shape index (κ3) is 3.37. The highest BCUT2D eigenvalue weighted by molar-refractivity contribution is 6.10. The maximum Gasteiger partial charge on any atom is 0.150 e. The topological polar surface area (TPSA) is 43.4 Å². The van der Waals surface area contributed by atoms with Crippen molar-refractivity contribution in [1.29, 1.82) is 0 Å². The Balaban J connectivity index is 1.66. The van der Waals surface area contributed by atoms with E-state index in [0.29, 0.717) is 12.8 Å². The van der Waals surface area contributed by atoms with Crippen LogP contribution in [-0.2, 0) is 22.4 Å². The Kier molecular flexibility index (Phi) is 4.47. The first-order valence-electron chi connectivity index (χ1n) is 7.97. The summed E-state index contributed by atoms with van der Waals surface area (Å²) in [5, 5.41) is 0. The minimum absolute atomic E-state index is 0.0280. The second kappa shape index (κ2) is 6.56. The lowest BCUT2D eigenvalue weighted by atomic mass is 9.88. The van der Waals surface area contributed by atoms with Crippen molar-refractivity contribution in [2.45, 2.75) is 25.7 Å². The lowest BCUT2D eigenvalue weighted by Gasteiger charge is -2.13. The van der Waals surface area contributed by atoms with E-state index in [1.807, 2.05) is 24.3 Å². The number of carbonyl (C=O) groups is 2. The van der Waals surface area contributed by atoms with E-state index in [1.54, 1.807) is 19.2 Å². The Hall–Kier alpha value is -2.49. The number of rotatable bonds is 7. The molecule has 0 aromatic heterocycles. The standard InChI is InChI=1S/C20H19FO3/c1-24-17-8-4-15(5-9-17)13-19(23)20(10-11-20)18(22)12-14-2-6-16(21)7-3-14/h2-9H,10-13H2,1H3. The monoisotopic (exact) mass is 326 g/mol. The van der Waals surface area contributed by atoms with Crippen molar-refractivity contribution in [3.63, 3.8) is 0 Å². The van der Waals surface area contributed by atoms with E-state index in [2.05, 4.69) is 0 Å². The van der Waals surface area contributed by atoms with Gasteiger partial charge >= 0.3 is 0 Å². The molecule has 2 aromatic rings. The van der Waals surface area contributed by atoms with E-state index >= 15 is 0 Å². The molecule has 124 valence electrons. The van der Waals surface area contributed by atoms with Crippen molar-refractivity contribution in [3.05, 3.63) is 65.5 Å². The molecule has 0 bridgehead atoms. The molecule has 2 aromatic carbocycles. The third-order valence-electron chi connectivity index (χ3n) is 4.62. The fourth-order valence-electron chi connectivity index (χ4n) is 2.89. The Morgan fingerprint density at radius 3 is 1.79 bits per heavy atom. The lowest BCUT2D eigenvalue weighted by molar-refractivity contribution is -0.133. The van der Waals surface area contributed by atoms with Crippen LogP contribution in [0, 0.1) is 11.2 Å². The molecule has 0 saturated heterocycles. The van der Waals surface area contributed by atoms with Gasteiger partial charge in [-0.05, 0) is 48.2 Å². The lowest BCUT2D eigenvalue weighted by Crippen LogP contribution is -2.28. The van der Waals surface area contributed by atoms with E-state index in [0.717, 1.165) is 16.9 Å². The molecule has 1 saturated carbocycles. The van der Waals surface area contributed by atoms with Crippen molar-refractivity contribution in [2.24, 2.45) is 5.41 Å². The number of carbonyl (C=O) groups excluding carboxylic acids is 2. The fraction of sp³-hybridized carbons (Fsp3) is 0.300. The van der Waals surface area contributed by atoms with Gasteiger partial charge in [-0.25, -0.2) is 4.39 Å². The van der Waals surface area contributed by atoms with Gasteiger partial charge in [-0.1, -0.05) is 24.3 Å². The van der Waals surface area contributed by atoms with Crippen molar-refractivity contribution in [3.8, 4) is 5.75 Å². The molecule has 0 aliphatic heterocycles. The van der Waals surface area contributed by atoms with Crippen molar-refractivity contribution < 1.29 is 18.7 Å². The van der Waals surface area contributed by atoms with Crippen LogP contribution in [-0.4, -0.2) is 18.7 Å². The van der Waals surface area contributed by atoms with Crippen LogP contribution in [0.2, 0.25) is 0 Å². The predicted molar refractivity (Wildman–Crippen MR) is 88.5 cm³/mol. The summed E-state index contributed by atoms with van der Waals surface area (Å²) in [4.78, 5) is 25.2. The normalized spacial score (nSPS) is 14.9. The third-order valence-corrected chi connectivity index (χ3v) is 4.62. The largest absolute Gasteiger partial charge is 0.497 e. The van der Waals surface area contributed by atoms with Crippen LogP contribution in [0.25, 0.3) is 0 Å². The maximum atomic E-state index is 12.9. The van der Waals surface area contributed by atoms with E-state index in [9.17, 15) is 14.0 Å². The minimum Gasteiger partial charge on any atom is -0.497 e. The van der Waals surface area contributed by atoms with Gasteiger partial charge in [0.25, 0.3) is 0 Å². The number of halogens is 1. The molecular formula is C20H19FO3. The maximum absolute atomic E-state index is 12.9. The van der Waals surface area contributed by atoms with Gasteiger partial charge in [0.15, 0.2) is 11.6 Å². The van der Waals surface area contributed by atoms with E-state index in [4.69, 9.17) is 4.74 Å². The van der Waals surface area contributed by atoms with E-state index in [1.165, 1.54) is 12.1 Å². The first kappa shape index (κ1) is 16.4. The van der Waals surface area contributed by atoms with E-state index in [-0.39, 0.29) is 30.2 Å². The zero-order valence-electron chi connectivity index (χ0n) is 13.5. The van der Waals surface area contributed by atoms with E-state index < -0.39 is 5.41 Å². The summed E-state index contributed by atoms with van der Waals surface area (Å²) in [6.07, 6.45) is 1.65. The van der Waals surface area contributed by atoms with Gasteiger partial charge < -0.3 is 4.74 Å². The smallest absolute Gasteiger partial charge is 0.150 e. The summed E-state index contributed by atoms with van der Waals surface area (Å²) in [7, 11) is 1.59. The summed E-state index contributed by atoms with van der Waals surface area (Å²) < 4.78 is 18.0. The van der Waals surface area contributed by atoms with Crippen molar-refractivity contribution in [2.75, 3.05) is 7.11 Å². The van der Waals surface area contributed by atoms with Gasteiger partial charge in [-0.15, -0.1) is 0 Å². The molecule has 0 radical (unpaired) electrons. The summed E-state index contributed by atoms with van der Waals surface area (Å²) in [5.74, 6) is 0.315. The second-order valence-corrected chi connectivity index (χ2v) is 6.26. The number of hydrogen-bond acceptors (Lipinski definition) is 3. The molecule has 0 spiro atoms. The molecule has 24 heavy (non-hydrogen) atoms. The number of methoxy groups -OCH3 is 1. The quantitative estimate of drug-likeness (QED) is 0.731. The molecular weight excluding hydrogens is 307 g/mol. The second-order valence-electron chi connectivity index (χ2n) is 6.26. The number of ether oxygens (including phenoxy) is 1. The minimum atomic E-state index is -0.839. The summed E-state index contributed by atoms with van der Waals surface area (Å²) in [6.45, 7) is 0. The Bertz CT molecular complexity index is 743. The summed E-state index contributed by atoms with van der Waals surface area (Å²) in [6, 6.07) is 13.2. The molecule has 4 heteroatoms. The molecule has 0 atom stereocenters. The number of ketones is 2. The van der Waals surface area contributed by atoms with Gasteiger partial charge in [-0.2, -0.15) is 0 Å². The van der Waals surface area contributed by atoms with Crippen LogP contribution in [0.1, 0.15) is 24.0 Å². The predicted octanol–water partition coefficient (Wildman–Crippen LogP) is 3.54. The average molecular weight is 326 g/mol. The zero-order valence-corrected chi connectivity index (χ0v) is 13.5. The van der Waals surface area contributed by atoms with Gasteiger partial charge in [0.2, 0.25) is 0 Å². The Morgan fingerprint density at radius 1 is 0.917 bits per heavy atom. The van der Waals surface area contributed by atoms with Crippen LogP contribution >= 0.6 is 0 Å². The highest BCUT2D eigenvalue weighted by Gasteiger charge is 2.54. The van der Waals surface area contributed by atoms with Crippen LogP contribution in [0.15, 0.2) is 48.5 Å². The van der Waals surface area contributed by atoms with Gasteiger partial charge in [0.05, 0.1) is 12.5 Å². The number of benzene rings is 2. The number of hydrogen-bond donors (Lipinski definition) is 0. The average Bonchev–Trinajstić information content (AvgIpc) is 3.39. The molecule has 0 heterocycles. The SMILES string of the molecule is COc1ccc(CC(=O)C2(C(=O)Cc3ccc(F)cc3)CC2)cc1. The Labute approximate surface area is 140 Å². The molecule has 3 rings (SSSR count). The first-order valence-corrected chi connectivity index (χ1v) is 7.97. The highest BCUT2D eigenvalue weighted by Crippen LogP contribution is 2.48. The molecule has 1 aliphatic carbocycles. The molecule has 0 amide bonds. The van der Waals surface area contributed by atoms with Gasteiger partial charge in [0.1, 0.15) is 11.6 Å². The summed E-state index contributed by atoms with van der Waals surface area (Å²) >= 11 is 0. The van der Waals surface area contributed by atoms with Crippen LogP contribution in [0.3, 0.4) is 0 Å². The first-order chi connectivity index (χ1) is 11.5. The van der Waals surface area contributed by atoms with Gasteiger partial charge in [0, 0.05) is 12.8 Å². The van der Waals surface area contributed by atoms with Crippen LogP contribution < -0.4 is 4.74 Å². The fourth-order valence-corrected chi connectivity index (χ4v) is 2.89. The van der Waals surface area contributed by atoms with Crippen molar-refractivity contribution in [1.82, 2.24) is 0 Å². The molecule has 3 nitrogen and oxygen atoms in total.